The summed E-state index contributed by atoms with van der Waals surface area (Å²) in [6.45, 7) is 0.672. The monoisotopic (exact) mass is 280 g/mol. The summed E-state index contributed by atoms with van der Waals surface area (Å²) in [4.78, 5) is 26.0. The summed E-state index contributed by atoms with van der Waals surface area (Å²) >= 11 is 0. The third kappa shape index (κ3) is 2.37. The van der Waals surface area contributed by atoms with Gasteiger partial charge in [-0.3, -0.25) is 14.5 Å². The lowest BCUT2D eigenvalue weighted by molar-refractivity contribution is -0.141. The molecule has 2 saturated carbocycles. The van der Waals surface area contributed by atoms with E-state index in [0.717, 1.165) is 38.5 Å². The Morgan fingerprint density at radius 1 is 1.25 bits per heavy atom. The van der Waals surface area contributed by atoms with Crippen LogP contribution in [0.1, 0.15) is 51.4 Å². The third-order valence-corrected chi connectivity index (χ3v) is 5.24. The summed E-state index contributed by atoms with van der Waals surface area (Å²) < 4.78 is 5.55. The van der Waals surface area contributed by atoms with Crippen molar-refractivity contribution in [2.45, 2.75) is 69.1 Å². The van der Waals surface area contributed by atoms with Gasteiger partial charge in [0.2, 0.25) is 11.8 Å². The molecule has 0 bridgehead atoms. The molecule has 20 heavy (non-hydrogen) atoms. The first kappa shape index (κ1) is 14.0. The van der Waals surface area contributed by atoms with E-state index in [1.807, 2.05) is 0 Å². The summed E-state index contributed by atoms with van der Waals surface area (Å²) in [6.07, 6.45) is 7.80. The average Bonchev–Trinajstić information content (AvgIpc) is 2.98. The van der Waals surface area contributed by atoms with Crippen molar-refractivity contribution < 1.29 is 14.3 Å². The quantitative estimate of drug-likeness (QED) is 0.769. The van der Waals surface area contributed by atoms with Gasteiger partial charge >= 0.3 is 0 Å². The van der Waals surface area contributed by atoms with Gasteiger partial charge in [0.1, 0.15) is 0 Å². The van der Waals surface area contributed by atoms with Crippen LogP contribution in [0.15, 0.2) is 0 Å². The zero-order chi connectivity index (χ0) is 14.2. The number of rotatable bonds is 5. The first-order chi connectivity index (χ1) is 9.65. The Morgan fingerprint density at radius 3 is 2.50 bits per heavy atom. The lowest BCUT2D eigenvalue weighted by Crippen LogP contribution is -2.52. The fourth-order valence-electron chi connectivity index (χ4n) is 3.69. The molecule has 0 aromatic heterocycles. The van der Waals surface area contributed by atoms with Gasteiger partial charge in [-0.25, -0.2) is 0 Å². The fourth-order valence-corrected chi connectivity index (χ4v) is 3.69. The van der Waals surface area contributed by atoms with Crippen molar-refractivity contribution in [1.29, 1.82) is 0 Å². The van der Waals surface area contributed by atoms with Crippen LogP contribution in [0.5, 0.6) is 0 Å². The Morgan fingerprint density at radius 2 is 1.95 bits per heavy atom. The van der Waals surface area contributed by atoms with Gasteiger partial charge in [0, 0.05) is 19.7 Å². The number of ether oxygens (including phenoxy) is 1. The van der Waals surface area contributed by atoms with Crippen molar-refractivity contribution in [3.05, 3.63) is 0 Å². The molecule has 1 N–H and O–H groups in total. The van der Waals surface area contributed by atoms with E-state index in [9.17, 15) is 9.59 Å². The highest BCUT2D eigenvalue weighted by atomic mass is 16.5. The van der Waals surface area contributed by atoms with Crippen molar-refractivity contribution >= 4 is 11.8 Å². The number of carbonyl (C=O) groups excluding carboxylic acids is 2. The Hall–Kier alpha value is -0.940. The number of imide groups is 1. The first-order valence-electron chi connectivity index (χ1n) is 7.80. The van der Waals surface area contributed by atoms with E-state index in [1.54, 1.807) is 7.11 Å². The second-order valence-corrected chi connectivity index (χ2v) is 6.42. The molecule has 3 rings (SSSR count). The molecule has 1 aliphatic heterocycles. The van der Waals surface area contributed by atoms with E-state index < -0.39 is 0 Å². The lowest BCUT2D eigenvalue weighted by atomic mass is 9.80. The molecule has 1 unspecified atom stereocenters. The second kappa shape index (κ2) is 5.45. The second-order valence-electron chi connectivity index (χ2n) is 6.42. The molecule has 3 aliphatic rings. The topological polar surface area (TPSA) is 58.6 Å². The van der Waals surface area contributed by atoms with E-state index in [4.69, 9.17) is 4.74 Å². The maximum Gasteiger partial charge on any atom is 0.247 e. The van der Waals surface area contributed by atoms with Gasteiger partial charge in [-0.05, 0) is 32.1 Å². The van der Waals surface area contributed by atoms with Crippen molar-refractivity contribution in [2.24, 2.45) is 0 Å². The SMILES string of the molecule is COC1(CNC2CC(=O)N(C3CCCC3)C2=O)CCC1. The van der Waals surface area contributed by atoms with Crippen LogP contribution in [-0.2, 0) is 14.3 Å². The molecule has 0 aromatic carbocycles. The largest absolute Gasteiger partial charge is 0.377 e. The summed E-state index contributed by atoms with van der Waals surface area (Å²) in [5.74, 6) is -0.0213. The predicted octanol–water partition coefficient (Wildman–Crippen LogP) is 1.22. The molecule has 112 valence electrons. The smallest absolute Gasteiger partial charge is 0.247 e. The van der Waals surface area contributed by atoms with Crippen LogP contribution in [0.2, 0.25) is 0 Å². The molecule has 0 radical (unpaired) electrons. The zero-order valence-electron chi connectivity index (χ0n) is 12.2. The predicted molar refractivity (Wildman–Crippen MR) is 74.1 cm³/mol. The summed E-state index contributed by atoms with van der Waals surface area (Å²) in [6, 6.07) is -0.183. The number of nitrogens with one attached hydrogen (secondary N) is 1. The lowest BCUT2D eigenvalue weighted by Gasteiger charge is -2.41. The van der Waals surface area contributed by atoms with Crippen molar-refractivity contribution in [3.8, 4) is 0 Å². The molecule has 0 aromatic rings. The van der Waals surface area contributed by atoms with Crippen LogP contribution in [0.4, 0.5) is 0 Å². The number of hydrogen-bond donors (Lipinski definition) is 1. The van der Waals surface area contributed by atoms with Crippen LogP contribution in [-0.4, -0.2) is 48.1 Å². The standard InChI is InChI=1S/C15H24N2O3/c1-20-15(7-4-8-15)10-16-12-9-13(18)17(14(12)19)11-5-2-3-6-11/h11-12,16H,2-10H2,1H3. The molecule has 1 atom stereocenters. The summed E-state index contributed by atoms with van der Waals surface area (Å²) in [7, 11) is 1.73. The number of hydrogen-bond acceptors (Lipinski definition) is 4. The van der Waals surface area contributed by atoms with Crippen LogP contribution in [0.25, 0.3) is 0 Å². The molecule has 2 amide bonds. The van der Waals surface area contributed by atoms with Crippen LogP contribution < -0.4 is 5.32 Å². The van der Waals surface area contributed by atoms with Crippen molar-refractivity contribution in [3.63, 3.8) is 0 Å². The Balaban J connectivity index is 1.58. The van der Waals surface area contributed by atoms with Crippen LogP contribution in [0.3, 0.4) is 0 Å². The van der Waals surface area contributed by atoms with Gasteiger partial charge in [-0.15, -0.1) is 0 Å². The molecular formula is C15H24N2O3. The van der Waals surface area contributed by atoms with Gasteiger partial charge in [-0.2, -0.15) is 0 Å². The van der Waals surface area contributed by atoms with Crippen LogP contribution in [0, 0.1) is 0 Å². The van der Waals surface area contributed by atoms with Gasteiger partial charge in [-0.1, -0.05) is 12.8 Å². The zero-order valence-corrected chi connectivity index (χ0v) is 12.2. The first-order valence-corrected chi connectivity index (χ1v) is 7.80. The van der Waals surface area contributed by atoms with E-state index in [-0.39, 0.29) is 29.5 Å². The summed E-state index contributed by atoms with van der Waals surface area (Å²) in [5.41, 5.74) is -0.107. The van der Waals surface area contributed by atoms with Gasteiger partial charge in [0.15, 0.2) is 0 Å². The Bertz CT molecular complexity index is 394. The highest BCUT2D eigenvalue weighted by molar-refractivity contribution is 6.05. The summed E-state index contributed by atoms with van der Waals surface area (Å²) in [5, 5.41) is 3.27. The number of likely N-dealkylation sites (tertiary alicyclic amines) is 1. The minimum absolute atomic E-state index is 0.000485. The molecule has 0 spiro atoms. The maximum absolute atomic E-state index is 12.4. The van der Waals surface area contributed by atoms with Crippen LogP contribution >= 0.6 is 0 Å². The average molecular weight is 280 g/mol. The highest BCUT2D eigenvalue weighted by Gasteiger charge is 2.44. The molecular weight excluding hydrogens is 256 g/mol. The molecule has 2 aliphatic carbocycles. The Kier molecular flexibility index (Phi) is 3.82. The van der Waals surface area contributed by atoms with E-state index >= 15 is 0 Å². The maximum atomic E-state index is 12.4. The normalized spacial score (nSPS) is 30.1. The van der Waals surface area contributed by atoms with E-state index in [0.29, 0.717) is 13.0 Å². The number of carbonyl (C=O) groups is 2. The highest BCUT2D eigenvalue weighted by Crippen LogP contribution is 2.35. The number of amides is 2. The molecule has 5 nitrogen and oxygen atoms in total. The third-order valence-electron chi connectivity index (χ3n) is 5.24. The molecule has 1 heterocycles. The number of nitrogens with zero attached hydrogens (tertiary/aromatic N) is 1. The van der Waals surface area contributed by atoms with Crippen molar-refractivity contribution in [2.75, 3.05) is 13.7 Å². The minimum atomic E-state index is -0.337. The van der Waals surface area contributed by atoms with Gasteiger partial charge < -0.3 is 10.1 Å². The Labute approximate surface area is 120 Å². The molecule has 3 fully saturated rings. The van der Waals surface area contributed by atoms with Gasteiger partial charge in [0.25, 0.3) is 0 Å². The molecule has 5 heteroatoms. The number of methoxy groups -OCH3 is 1. The fraction of sp³-hybridized carbons (Fsp3) is 0.867. The van der Waals surface area contributed by atoms with E-state index in [1.165, 1.54) is 11.3 Å². The molecule has 1 saturated heterocycles. The van der Waals surface area contributed by atoms with Gasteiger partial charge in [0.05, 0.1) is 18.1 Å². The van der Waals surface area contributed by atoms with Crippen molar-refractivity contribution in [1.82, 2.24) is 10.2 Å². The minimum Gasteiger partial charge on any atom is -0.377 e. The van der Waals surface area contributed by atoms with E-state index in [2.05, 4.69) is 5.32 Å².